The number of carboxylic acids is 1. The quantitative estimate of drug-likeness (QED) is 0.405. The van der Waals surface area contributed by atoms with Gasteiger partial charge >= 0.3 is 5.97 Å². The van der Waals surface area contributed by atoms with Crippen LogP contribution in [0.2, 0.25) is 0 Å². The number of rotatable bonds is 7. The first-order valence-electron chi connectivity index (χ1n) is 6.64. The Balaban J connectivity index is 2.07. The number of aromatic hydroxyl groups is 1. The van der Waals surface area contributed by atoms with Gasteiger partial charge in [0.15, 0.2) is 0 Å². The molecule has 0 saturated heterocycles. The fourth-order valence-corrected chi connectivity index (χ4v) is 2.72. The second-order valence-electron chi connectivity index (χ2n) is 4.71. The maximum absolute atomic E-state index is 11.4. The zero-order valence-corrected chi connectivity index (χ0v) is 12.7. The molecule has 3 N–H and O–H groups in total. The molecule has 0 aliphatic rings. The van der Waals surface area contributed by atoms with Gasteiger partial charge in [0.05, 0.1) is 4.92 Å². The number of para-hydroxylation sites is 1. The fraction of sp³-hybridized carbons (Fsp3) is 0.133. The summed E-state index contributed by atoms with van der Waals surface area (Å²) in [5, 5.41) is 29.5. The number of hydrogen-bond donors (Lipinski definition) is 3. The summed E-state index contributed by atoms with van der Waals surface area (Å²) in [4.78, 5) is 22.1. The zero-order chi connectivity index (χ0) is 16.8. The van der Waals surface area contributed by atoms with Gasteiger partial charge in [0.25, 0.3) is 5.69 Å². The maximum atomic E-state index is 11.4. The molecule has 0 amide bonds. The maximum Gasteiger partial charge on any atom is 0.321 e. The number of aliphatic carboxylic acids is 1. The summed E-state index contributed by atoms with van der Waals surface area (Å²) in [6.07, 6.45) is 0.184. The van der Waals surface area contributed by atoms with E-state index in [4.69, 9.17) is 0 Å². The minimum atomic E-state index is -1.07. The van der Waals surface area contributed by atoms with Gasteiger partial charge in [-0.25, -0.2) is 4.72 Å². The third kappa shape index (κ3) is 4.70. The average Bonchev–Trinajstić information content (AvgIpc) is 2.53. The van der Waals surface area contributed by atoms with Crippen molar-refractivity contribution in [1.29, 1.82) is 0 Å². The Bertz CT molecular complexity index is 705. The van der Waals surface area contributed by atoms with Crippen molar-refractivity contribution in [1.82, 2.24) is 4.72 Å². The molecule has 0 unspecified atom stereocenters. The summed E-state index contributed by atoms with van der Waals surface area (Å²) in [5.74, 6) is -0.966. The minimum Gasteiger partial charge on any atom is -0.508 e. The van der Waals surface area contributed by atoms with Crippen molar-refractivity contribution in [2.45, 2.75) is 17.4 Å². The number of nitrogens with zero attached hydrogens (tertiary/aromatic N) is 1. The monoisotopic (exact) mass is 334 g/mol. The van der Waals surface area contributed by atoms with Crippen LogP contribution in [0.25, 0.3) is 0 Å². The summed E-state index contributed by atoms with van der Waals surface area (Å²) in [6, 6.07) is 11.4. The number of benzene rings is 2. The molecule has 0 radical (unpaired) electrons. The molecule has 0 aliphatic heterocycles. The molecule has 2 aromatic carbocycles. The lowest BCUT2D eigenvalue weighted by Crippen LogP contribution is -2.34. The predicted octanol–water partition coefficient (Wildman–Crippen LogP) is 2.59. The lowest BCUT2D eigenvalue weighted by Gasteiger charge is -2.14. The van der Waals surface area contributed by atoms with E-state index < -0.39 is 16.9 Å². The first-order valence-corrected chi connectivity index (χ1v) is 7.45. The van der Waals surface area contributed by atoms with Crippen LogP contribution >= 0.6 is 11.9 Å². The van der Waals surface area contributed by atoms with Gasteiger partial charge in [0.1, 0.15) is 16.7 Å². The predicted molar refractivity (Wildman–Crippen MR) is 85.3 cm³/mol. The van der Waals surface area contributed by atoms with Crippen molar-refractivity contribution in [2.75, 3.05) is 0 Å². The largest absolute Gasteiger partial charge is 0.508 e. The molecular weight excluding hydrogens is 320 g/mol. The molecule has 0 saturated carbocycles. The van der Waals surface area contributed by atoms with E-state index in [1.807, 2.05) is 0 Å². The first kappa shape index (κ1) is 16.8. The van der Waals surface area contributed by atoms with Crippen LogP contribution in [-0.4, -0.2) is 27.1 Å². The van der Waals surface area contributed by atoms with E-state index in [1.165, 1.54) is 18.2 Å². The van der Waals surface area contributed by atoms with Crippen LogP contribution in [0.15, 0.2) is 53.4 Å². The molecule has 0 heterocycles. The molecular formula is C15H14N2O5S. The number of phenolic OH excluding ortho intramolecular Hbond substituents is 1. The molecule has 2 rings (SSSR count). The highest BCUT2D eigenvalue weighted by atomic mass is 32.2. The van der Waals surface area contributed by atoms with E-state index in [0.29, 0.717) is 4.90 Å². The van der Waals surface area contributed by atoms with E-state index in [9.17, 15) is 25.1 Å². The number of nitro benzene ring substituents is 1. The number of carbonyl (C=O) groups is 1. The molecule has 2 aromatic rings. The van der Waals surface area contributed by atoms with Crippen LogP contribution in [0.1, 0.15) is 5.56 Å². The molecule has 0 bridgehead atoms. The van der Waals surface area contributed by atoms with Crippen LogP contribution < -0.4 is 4.72 Å². The lowest BCUT2D eigenvalue weighted by molar-refractivity contribution is -0.387. The second kappa shape index (κ2) is 7.61. The molecule has 7 nitrogen and oxygen atoms in total. The summed E-state index contributed by atoms with van der Waals surface area (Å²) < 4.78 is 2.74. The summed E-state index contributed by atoms with van der Waals surface area (Å²) in [7, 11) is 0. The van der Waals surface area contributed by atoms with Crippen molar-refractivity contribution in [2.24, 2.45) is 0 Å². The van der Waals surface area contributed by atoms with Gasteiger partial charge in [-0.15, -0.1) is 0 Å². The van der Waals surface area contributed by atoms with Crippen molar-refractivity contribution in [3.63, 3.8) is 0 Å². The van der Waals surface area contributed by atoms with Crippen molar-refractivity contribution in [3.05, 3.63) is 64.2 Å². The molecule has 120 valence electrons. The highest BCUT2D eigenvalue weighted by Crippen LogP contribution is 2.27. The molecule has 1 atom stereocenters. The Kier molecular flexibility index (Phi) is 5.56. The van der Waals surface area contributed by atoms with Gasteiger partial charge in [-0.1, -0.05) is 24.3 Å². The highest BCUT2D eigenvalue weighted by molar-refractivity contribution is 7.97. The van der Waals surface area contributed by atoms with Gasteiger partial charge < -0.3 is 10.2 Å². The molecule has 0 aromatic heterocycles. The number of nitrogens with one attached hydrogen (secondary N) is 1. The summed E-state index contributed by atoms with van der Waals surface area (Å²) in [6.45, 7) is 0. The van der Waals surface area contributed by atoms with Gasteiger partial charge in [-0.2, -0.15) is 0 Å². The van der Waals surface area contributed by atoms with E-state index >= 15 is 0 Å². The third-order valence-corrected chi connectivity index (χ3v) is 4.01. The van der Waals surface area contributed by atoms with Crippen LogP contribution in [-0.2, 0) is 11.2 Å². The second-order valence-corrected chi connectivity index (χ2v) is 5.59. The molecule has 0 fully saturated rings. The van der Waals surface area contributed by atoms with Crippen molar-refractivity contribution < 1.29 is 19.9 Å². The van der Waals surface area contributed by atoms with Crippen LogP contribution in [0.3, 0.4) is 0 Å². The SMILES string of the molecule is O=C(O)[C@H](Cc1ccc(O)cc1)NSc1ccccc1[N+](=O)[O-]. The molecule has 0 aliphatic carbocycles. The van der Waals surface area contributed by atoms with Crippen LogP contribution in [0, 0.1) is 10.1 Å². The summed E-state index contributed by atoms with van der Waals surface area (Å²) >= 11 is 0.912. The normalized spacial score (nSPS) is 11.8. The number of nitro groups is 1. The van der Waals surface area contributed by atoms with E-state index in [0.717, 1.165) is 17.5 Å². The first-order chi connectivity index (χ1) is 11.0. The molecule has 0 spiro atoms. The Hall–Kier alpha value is -2.58. The van der Waals surface area contributed by atoms with E-state index in [-0.39, 0.29) is 17.9 Å². The standard InChI is InChI=1S/C15H14N2O5S/c18-11-7-5-10(6-8-11)9-12(15(19)20)16-23-14-4-2-1-3-13(14)17(21)22/h1-8,12,16,18H,9H2,(H,19,20)/t12-/m0/s1. The Morgan fingerprint density at radius 2 is 1.87 bits per heavy atom. The third-order valence-electron chi connectivity index (χ3n) is 3.05. The van der Waals surface area contributed by atoms with E-state index in [2.05, 4.69) is 4.72 Å². The lowest BCUT2D eigenvalue weighted by atomic mass is 10.1. The van der Waals surface area contributed by atoms with Crippen LogP contribution in [0.4, 0.5) is 5.69 Å². The van der Waals surface area contributed by atoms with Crippen LogP contribution in [0.5, 0.6) is 5.75 Å². The van der Waals surface area contributed by atoms with E-state index in [1.54, 1.807) is 30.3 Å². The zero-order valence-electron chi connectivity index (χ0n) is 11.9. The fourth-order valence-electron chi connectivity index (χ4n) is 1.88. The Morgan fingerprint density at radius 3 is 2.48 bits per heavy atom. The average molecular weight is 334 g/mol. The Labute approximate surface area is 136 Å². The number of hydrogen-bond acceptors (Lipinski definition) is 6. The minimum absolute atomic E-state index is 0.0845. The molecule has 23 heavy (non-hydrogen) atoms. The van der Waals surface area contributed by atoms with Crippen molar-refractivity contribution >= 4 is 23.6 Å². The summed E-state index contributed by atoms with van der Waals surface area (Å²) in [5.41, 5.74) is 0.643. The number of phenols is 1. The van der Waals surface area contributed by atoms with Gasteiger partial charge in [-0.05, 0) is 42.1 Å². The van der Waals surface area contributed by atoms with Gasteiger partial charge in [-0.3, -0.25) is 14.9 Å². The van der Waals surface area contributed by atoms with Crippen molar-refractivity contribution in [3.8, 4) is 5.75 Å². The Morgan fingerprint density at radius 1 is 1.22 bits per heavy atom. The van der Waals surface area contributed by atoms with Gasteiger partial charge in [0.2, 0.25) is 0 Å². The molecule has 8 heteroatoms. The van der Waals surface area contributed by atoms with Gasteiger partial charge in [0, 0.05) is 6.07 Å². The topological polar surface area (TPSA) is 113 Å². The highest BCUT2D eigenvalue weighted by Gasteiger charge is 2.20. The smallest absolute Gasteiger partial charge is 0.321 e. The number of carboxylic acid groups (broad SMARTS) is 1.